The fourth-order valence-electron chi connectivity index (χ4n) is 3.05. The van der Waals surface area contributed by atoms with Gasteiger partial charge in [-0.05, 0) is 46.2 Å². The van der Waals surface area contributed by atoms with Gasteiger partial charge in [-0.2, -0.15) is 5.10 Å². The Kier molecular flexibility index (Phi) is 5.16. The SMILES string of the molecule is Cc1noc(C)c1CCC(=O)N[C@H](C)c1cnn(-c2ccccn2)c1C. The molecule has 0 saturated heterocycles. The van der Waals surface area contributed by atoms with Crippen LogP contribution in [0.2, 0.25) is 0 Å². The van der Waals surface area contributed by atoms with Gasteiger partial charge < -0.3 is 9.84 Å². The van der Waals surface area contributed by atoms with E-state index in [0.29, 0.717) is 12.8 Å². The molecule has 1 N–H and O–H groups in total. The van der Waals surface area contributed by atoms with E-state index in [-0.39, 0.29) is 11.9 Å². The Hall–Kier alpha value is -2.96. The number of pyridine rings is 1. The first-order chi connectivity index (χ1) is 12.5. The predicted molar refractivity (Wildman–Crippen MR) is 97.0 cm³/mol. The third-order valence-electron chi connectivity index (χ3n) is 4.54. The molecule has 0 aliphatic heterocycles. The first kappa shape index (κ1) is 17.8. The summed E-state index contributed by atoms with van der Waals surface area (Å²) in [5.74, 6) is 1.52. The normalized spacial score (nSPS) is 12.2. The van der Waals surface area contributed by atoms with Gasteiger partial charge in [-0.1, -0.05) is 11.2 Å². The molecule has 0 fully saturated rings. The van der Waals surface area contributed by atoms with Crippen molar-refractivity contribution in [2.45, 2.75) is 46.6 Å². The van der Waals surface area contributed by atoms with E-state index in [0.717, 1.165) is 34.1 Å². The molecule has 0 saturated carbocycles. The molecule has 0 unspecified atom stereocenters. The van der Waals surface area contributed by atoms with Crippen LogP contribution in [0.5, 0.6) is 0 Å². The Balaban J connectivity index is 1.64. The average molecular weight is 353 g/mol. The van der Waals surface area contributed by atoms with Crippen LogP contribution in [0.15, 0.2) is 35.1 Å². The van der Waals surface area contributed by atoms with Gasteiger partial charge in [0.15, 0.2) is 5.82 Å². The van der Waals surface area contributed by atoms with E-state index in [2.05, 4.69) is 20.6 Å². The molecule has 3 aromatic heterocycles. The Morgan fingerprint density at radius 2 is 2.12 bits per heavy atom. The second kappa shape index (κ2) is 7.51. The summed E-state index contributed by atoms with van der Waals surface area (Å²) in [5.41, 5.74) is 3.78. The summed E-state index contributed by atoms with van der Waals surface area (Å²) in [6.07, 6.45) is 4.52. The van der Waals surface area contributed by atoms with Crippen LogP contribution in [0.4, 0.5) is 0 Å². The Bertz CT molecular complexity index is 879. The highest BCUT2D eigenvalue weighted by Gasteiger charge is 2.17. The number of aromatic nitrogens is 4. The smallest absolute Gasteiger partial charge is 0.220 e. The van der Waals surface area contributed by atoms with Crippen LogP contribution in [0.3, 0.4) is 0 Å². The molecule has 136 valence electrons. The minimum absolute atomic E-state index is 0.0116. The summed E-state index contributed by atoms with van der Waals surface area (Å²) in [6.45, 7) is 7.69. The van der Waals surface area contributed by atoms with Crippen LogP contribution in [0.1, 0.15) is 47.7 Å². The van der Waals surface area contributed by atoms with Gasteiger partial charge in [0.05, 0.1) is 17.9 Å². The highest BCUT2D eigenvalue weighted by atomic mass is 16.5. The minimum Gasteiger partial charge on any atom is -0.361 e. The van der Waals surface area contributed by atoms with Crippen molar-refractivity contribution < 1.29 is 9.32 Å². The topological polar surface area (TPSA) is 85.8 Å². The van der Waals surface area contributed by atoms with Crippen molar-refractivity contribution >= 4 is 5.91 Å². The van der Waals surface area contributed by atoms with E-state index in [1.54, 1.807) is 17.1 Å². The standard InChI is InChI=1S/C19H23N5O2/c1-12(22-19(25)9-8-16-13(2)23-26-15(16)4)17-11-21-24(14(17)3)18-7-5-6-10-20-18/h5-7,10-12H,8-9H2,1-4H3,(H,22,25)/t12-/m1/s1. The van der Waals surface area contributed by atoms with Gasteiger partial charge in [-0.3, -0.25) is 4.79 Å². The zero-order chi connectivity index (χ0) is 18.7. The molecule has 0 aromatic carbocycles. The molecule has 0 aliphatic carbocycles. The van der Waals surface area contributed by atoms with Crippen molar-refractivity contribution in [1.82, 2.24) is 25.2 Å². The van der Waals surface area contributed by atoms with Crippen molar-refractivity contribution in [2.75, 3.05) is 0 Å². The third kappa shape index (κ3) is 3.66. The lowest BCUT2D eigenvalue weighted by molar-refractivity contribution is -0.121. The van der Waals surface area contributed by atoms with Crippen molar-refractivity contribution in [3.05, 3.63) is 58.9 Å². The number of carbonyl (C=O) groups excluding carboxylic acids is 1. The average Bonchev–Trinajstić information content (AvgIpc) is 3.16. The van der Waals surface area contributed by atoms with E-state index < -0.39 is 0 Å². The van der Waals surface area contributed by atoms with Gasteiger partial charge >= 0.3 is 0 Å². The van der Waals surface area contributed by atoms with Crippen LogP contribution in [0.25, 0.3) is 5.82 Å². The number of nitrogens with zero attached hydrogens (tertiary/aromatic N) is 4. The number of nitrogens with one attached hydrogen (secondary N) is 1. The van der Waals surface area contributed by atoms with Gasteiger partial charge in [-0.25, -0.2) is 9.67 Å². The number of aryl methyl sites for hydroxylation is 2. The molecule has 0 bridgehead atoms. The van der Waals surface area contributed by atoms with Crippen molar-refractivity contribution in [1.29, 1.82) is 0 Å². The molecule has 1 atom stereocenters. The maximum Gasteiger partial charge on any atom is 0.220 e. The van der Waals surface area contributed by atoms with Crippen LogP contribution in [-0.2, 0) is 11.2 Å². The number of amides is 1. The summed E-state index contributed by atoms with van der Waals surface area (Å²) in [5, 5.41) is 11.4. The molecule has 3 aromatic rings. The largest absolute Gasteiger partial charge is 0.361 e. The fraction of sp³-hybridized carbons (Fsp3) is 0.368. The lowest BCUT2D eigenvalue weighted by Crippen LogP contribution is -2.27. The maximum absolute atomic E-state index is 12.3. The molecule has 0 aliphatic rings. The lowest BCUT2D eigenvalue weighted by atomic mass is 10.1. The molecular formula is C19H23N5O2. The van der Waals surface area contributed by atoms with Crippen molar-refractivity contribution in [3.8, 4) is 5.82 Å². The summed E-state index contributed by atoms with van der Waals surface area (Å²) in [4.78, 5) is 16.6. The molecule has 0 radical (unpaired) electrons. The third-order valence-corrected chi connectivity index (χ3v) is 4.54. The van der Waals surface area contributed by atoms with Gasteiger partial charge in [0.25, 0.3) is 0 Å². The van der Waals surface area contributed by atoms with Crippen molar-refractivity contribution in [3.63, 3.8) is 0 Å². The Morgan fingerprint density at radius 1 is 1.31 bits per heavy atom. The second-order valence-electron chi connectivity index (χ2n) is 6.38. The van der Waals surface area contributed by atoms with E-state index >= 15 is 0 Å². The second-order valence-corrected chi connectivity index (χ2v) is 6.38. The fourth-order valence-corrected chi connectivity index (χ4v) is 3.05. The number of hydrogen-bond acceptors (Lipinski definition) is 5. The van der Waals surface area contributed by atoms with Crippen LogP contribution in [0, 0.1) is 20.8 Å². The number of rotatable bonds is 6. The first-order valence-electron chi connectivity index (χ1n) is 8.64. The monoisotopic (exact) mass is 353 g/mol. The molecule has 3 rings (SSSR count). The van der Waals surface area contributed by atoms with Gasteiger partial charge in [0.1, 0.15) is 5.76 Å². The van der Waals surface area contributed by atoms with Gasteiger partial charge in [0, 0.05) is 29.4 Å². The number of carbonyl (C=O) groups is 1. The molecule has 7 nitrogen and oxygen atoms in total. The van der Waals surface area contributed by atoms with Gasteiger partial charge in [-0.15, -0.1) is 0 Å². The van der Waals surface area contributed by atoms with Crippen LogP contribution >= 0.6 is 0 Å². The van der Waals surface area contributed by atoms with Gasteiger partial charge in [0.2, 0.25) is 5.91 Å². The Labute approximate surface area is 152 Å². The highest BCUT2D eigenvalue weighted by molar-refractivity contribution is 5.76. The molecular weight excluding hydrogens is 330 g/mol. The highest BCUT2D eigenvalue weighted by Crippen LogP contribution is 2.20. The summed E-state index contributed by atoms with van der Waals surface area (Å²) < 4.78 is 6.92. The first-order valence-corrected chi connectivity index (χ1v) is 8.64. The quantitative estimate of drug-likeness (QED) is 0.736. The van der Waals surface area contributed by atoms with E-state index in [1.807, 2.05) is 45.9 Å². The lowest BCUT2D eigenvalue weighted by Gasteiger charge is -2.14. The predicted octanol–water partition coefficient (Wildman–Crippen LogP) is 2.99. The zero-order valence-corrected chi connectivity index (χ0v) is 15.5. The van der Waals surface area contributed by atoms with E-state index in [4.69, 9.17) is 4.52 Å². The summed E-state index contributed by atoms with van der Waals surface area (Å²) in [6, 6.07) is 5.55. The Morgan fingerprint density at radius 3 is 2.77 bits per heavy atom. The maximum atomic E-state index is 12.3. The molecule has 26 heavy (non-hydrogen) atoms. The summed E-state index contributed by atoms with van der Waals surface area (Å²) in [7, 11) is 0. The molecule has 0 spiro atoms. The van der Waals surface area contributed by atoms with Crippen LogP contribution in [-0.4, -0.2) is 25.8 Å². The van der Waals surface area contributed by atoms with E-state index in [9.17, 15) is 4.79 Å². The molecule has 3 heterocycles. The van der Waals surface area contributed by atoms with Crippen LogP contribution < -0.4 is 5.32 Å². The molecule has 7 heteroatoms. The summed E-state index contributed by atoms with van der Waals surface area (Å²) >= 11 is 0. The van der Waals surface area contributed by atoms with Crippen molar-refractivity contribution in [2.24, 2.45) is 0 Å². The minimum atomic E-state index is -0.135. The zero-order valence-electron chi connectivity index (χ0n) is 15.5. The molecule has 1 amide bonds. The number of hydrogen-bond donors (Lipinski definition) is 1. The van der Waals surface area contributed by atoms with E-state index in [1.165, 1.54) is 0 Å².